The lowest BCUT2D eigenvalue weighted by Crippen LogP contribution is -2.43. The number of carbonyl (C=O) groups excluding carboxylic acids is 3. The maximum absolute atomic E-state index is 12.8. The number of β-amino-alcohol motifs (C(OH)–C–C–N with tert-alkyl or cyclic N) is 1. The van der Waals surface area contributed by atoms with E-state index in [-0.39, 0.29) is 31.2 Å². The number of rotatable bonds is 5. The van der Waals surface area contributed by atoms with Crippen molar-refractivity contribution >= 4 is 17.7 Å². The highest BCUT2D eigenvalue weighted by Crippen LogP contribution is 2.22. The van der Waals surface area contributed by atoms with Crippen LogP contribution in [-0.4, -0.2) is 77.7 Å². The molecule has 9 heteroatoms. The van der Waals surface area contributed by atoms with E-state index >= 15 is 0 Å². The Hall–Kier alpha value is -2.07. The Morgan fingerprint density at radius 2 is 1.66 bits per heavy atom. The number of methoxy groups -OCH3 is 1. The third-order valence-corrected chi connectivity index (χ3v) is 8.49. The second-order valence-electron chi connectivity index (χ2n) is 12.8. The predicted octanol–water partition coefficient (Wildman–Crippen LogP) is 5.20. The van der Waals surface area contributed by atoms with E-state index in [1.165, 1.54) is 0 Å². The van der Waals surface area contributed by atoms with E-state index in [9.17, 15) is 29.7 Å². The van der Waals surface area contributed by atoms with Gasteiger partial charge in [0.2, 0.25) is 0 Å². The Morgan fingerprint density at radius 3 is 2.34 bits per heavy atom. The van der Waals surface area contributed by atoms with Crippen molar-refractivity contribution in [1.82, 2.24) is 5.32 Å². The van der Waals surface area contributed by atoms with Crippen LogP contribution in [0.1, 0.15) is 118 Å². The fourth-order valence-corrected chi connectivity index (χ4v) is 5.63. The fourth-order valence-electron chi connectivity index (χ4n) is 5.63. The Bertz CT molecular complexity index is 888. The number of esters is 1. The van der Waals surface area contributed by atoms with Crippen LogP contribution in [0.15, 0.2) is 23.8 Å². The molecule has 44 heavy (non-hydrogen) atoms. The number of hydrogen-bond acceptors (Lipinski definition) is 8. The van der Waals surface area contributed by atoms with Gasteiger partial charge in [-0.3, -0.25) is 14.4 Å². The van der Waals surface area contributed by atoms with E-state index in [0.29, 0.717) is 56.8 Å². The number of aliphatic hydroxyl groups is 3. The molecular weight excluding hydrogens is 562 g/mol. The van der Waals surface area contributed by atoms with E-state index in [0.717, 1.165) is 44.1 Å². The van der Waals surface area contributed by atoms with Gasteiger partial charge in [-0.15, -0.1) is 0 Å². The van der Waals surface area contributed by atoms with Gasteiger partial charge in [-0.1, -0.05) is 65.2 Å². The quantitative estimate of drug-likeness (QED) is 0.306. The van der Waals surface area contributed by atoms with Gasteiger partial charge in [0, 0.05) is 32.9 Å². The molecule has 1 rings (SSSR count). The van der Waals surface area contributed by atoms with Crippen molar-refractivity contribution in [3.05, 3.63) is 23.8 Å². The number of cyclic esters (lactones) is 1. The largest absolute Gasteiger partial charge is 0.452 e. The number of Topliss-reactive ketones (excluding diaryl/α,β-unsaturated/α-hetero) is 1. The molecule has 0 aromatic rings. The summed E-state index contributed by atoms with van der Waals surface area (Å²) in [5, 5.41) is 34.1. The SMILES string of the molecule is CCC[C@@H]1OC(=O)[C@@H](C)C[C@H](C)CCCCC(=O)CCC[C@@H](CC)/C=C\C=C(\COC)CC[C@@H](O)[C@@H](O)C[C@H](O)CNC1=O. The van der Waals surface area contributed by atoms with Gasteiger partial charge in [0.15, 0.2) is 6.10 Å². The summed E-state index contributed by atoms with van der Waals surface area (Å²) in [6.07, 6.45) is 10.9. The Balaban J connectivity index is 2.96. The van der Waals surface area contributed by atoms with Crippen molar-refractivity contribution < 1.29 is 39.2 Å². The third-order valence-electron chi connectivity index (χ3n) is 8.49. The summed E-state index contributed by atoms with van der Waals surface area (Å²) in [4.78, 5) is 38.1. The van der Waals surface area contributed by atoms with Gasteiger partial charge in [0.1, 0.15) is 5.78 Å². The van der Waals surface area contributed by atoms with Gasteiger partial charge in [-0.2, -0.15) is 0 Å². The molecule has 0 aliphatic carbocycles. The van der Waals surface area contributed by atoms with Crippen molar-refractivity contribution in [2.45, 2.75) is 142 Å². The second-order valence-corrected chi connectivity index (χ2v) is 12.8. The molecule has 1 amide bonds. The molecule has 0 saturated heterocycles. The fraction of sp³-hybridized carbons (Fsp3) is 0.800. The molecular formula is C35H61NO8. The first-order valence-corrected chi connectivity index (χ1v) is 16.9. The predicted molar refractivity (Wildman–Crippen MR) is 173 cm³/mol. The Kier molecular flexibility index (Phi) is 21.2. The molecule has 9 nitrogen and oxygen atoms in total. The molecule has 1 aliphatic rings. The molecule has 254 valence electrons. The number of amides is 1. The summed E-state index contributed by atoms with van der Waals surface area (Å²) >= 11 is 0. The zero-order valence-corrected chi connectivity index (χ0v) is 28.0. The van der Waals surface area contributed by atoms with E-state index in [4.69, 9.17) is 9.47 Å². The van der Waals surface area contributed by atoms with E-state index in [1.807, 2.05) is 26.0 Å². The Morgan fingerprint density at radius 1 is 0.932 bits per heavy atom. The standard InChI is InChI=1S/C35H61NO8/c1-6-12-33-34(41)36-23-30(38)22-32(40)31(39)20-19-28(24-43-5)16-10-14-27(7-2)15-11-18-29(37)17-9-8-13-25(3)21-26(4)35(42)44-33/h10,14,16,25-27,30-33,38-40H,6-9,11-13,15,17-24H2,1-5H3,(H,36,41)/b14-10-,28-16+/t25-,26+,27+,30+,31-,32+,33+/m1/s1. The number of allylic oxidation sites excluding steroid dienone is 3. The van der Waals surface area contributed by atoms with Crippen molar-refractivity contribution in [2.75, 3.05) is 20.3 Å². The zero-order chi connectivity index (χ0) is 32.9. The van der Waals surface area contributed by atoms with Crippen molar-refractivity contribution in [1.29, 1.82) is 0 Å². The lowest BCUT2D eigenvalue weighted by Gasteiger charge is -2.23. The number of hydrogen-bond donors (Lipinski definition) is 4. The molecule has 0 radical (unpaired) electrons. The number of aliphatic hydroxyl groups excluding tert-OH is 3. The van der Waals surface area contributed by atoms with Gasteiger partial charge >= 0.3 is 5.97 Å². The number of ketones is 1. The molecule has 4 N–H and O–H groups in total. The minimum absolute atomic E-state index is 0.113. The highest BCUT2D eigenvalue weighted by Gasteiger charge is 2.27. The number of carbonyl (C=O) groups is 3. The van der Waals surface area contributed by atoms with Gasteiger partial charge in [-0.05, 0) is 68.8 Å². The van der Waals surface area contributed by atoms with Gasteiger partial charge in [0.25, 0.3) is 5.91 Å². The summed E-state index contributed by atoms with van der Waals surface area (Å²) in [5.74, 6) is -0.318. The summed E-state index contributed by atoms with van der Waals surface area (Å²) in [6.45, 7) is 8.21. The van der Waals surface area contributed by atoms with Crippen LogP contribution < -0.4 is 5.32 Å². The molecule has 0 aromatic heterocycles. The number of ether oxygens (including phenoxy) is 2. The molecule has 0 spiro atoms. The highest BCUT2D eigenvalue weighted by atomic mass is 16.5. The first kappa shape index (κ1) is 40.0. The van der Waals surface area contributed by atoms with Crippen LogP contribution in [0.4, 0.5) is 0 Å². The van der Waals surface area contributed by atoms with Crippen LogP contribution in [-0.2, 0) is 23.9 Å². The lowest BCUT2D eigenvalue weighted by molar-refractivity contribution is -0.160. The summed E-state index contributed by atoms with van der Waals surface area (Å²) < 4.78 is 10.9. The van der Waals surface area contributed by atoms with Crippen LogP contribution in [0, 0.1) is 17.8 Å². The van der Waals surface area contributed by atoms with Gasteiger partial charge in [-0.25, -0.2) is 0 Å². The average molecular weight is 624 g/mol. The van der Waals surface area contributed by atoms with E-state index < -0.39 is 36.3 Å². The topological polar surface area (TPSA) is 142 Å². The molecule has 0 aromatic carbocycles. The maximum Gasteiger partial charge on any atom is 0.309 e. The van der Waals surface area contributed by atoms with Gasteiger partial charge in [0.05, 0.1) is 30.8 Å². The summed E-state index contributed by atoms with van der Waals surface area (Å²) in [5.41, 5.74) is 0.973. The molecule has 0 saturated carbocycles. The van der Waals surface area contributed by atoms with Crippen molar-refractivity contribution in [3.8, 4) is 0 Å². The monoisotopic (exact) mass is 623 g/mol. The Labute approximate surface area is 265 Å². The molecule has 7 atom stereocenters. The zero-order valence-electron chi connectivity index (χ0n) is 28.0. The average Bonchev–Trinajstić information content (AvgIpc) is 2.98. The molecule has 0 fully saturated rings. The lowest BCUT2D eigenvalue weighted by atomic mass is 9.92. The van der Waals surface area contributed by atoms with E-state index in [1.54, 1.807) is 7.11 Å². The van der Waals surface area contributed by atoms with E-state index in [2.05, 4.69) is 25.2 Å². The van der Waals surface area contributed by atoms with Crippen molar-refractivity contribution in [2.24, 2.45) is 17.8 Å². The van der Waals surface area contributed by atoms with Crippen LogP contribution in [0.3, 0.4) is 0 Å². The van der Waals surface area contributed by atoms with Crippen LogP contribution in [0.2, 0.25) is 0 Å². The second kappa shape index (κ2) is 23.3. The van der Waals surface area contributed by atoms with Crippen LogP contribution >= 0.6 is 0 Å². The van der Waals surface area contributed by atoms with Gasteiger partial charge < -0.3 is 30.1 Å². The molecule has 1 aliphatic heterocycles. The first-order chi connectivity index (χ1) is 21.0. The van der Waals surface area contributed by atoms with Crippen molar-refractivity contribution in [3.63, 3.8) is 0 Å². The smallest absolute Gasteiger partial charge is 0.309 e. The first-order valence-electron chi connectivity index (χ1n) is 16.9. The highest BCUT2D eigenvalue weighted by molar-refractivity contribution is 5.84. The molecule has 0 unspecified atom stereocenters. The van der Waals surface area contributed by atoms with Crippen LogP contribution in [0.25, 0.3) is 0 Å². The molecule has 0 bridgehead atoms. The minimum Gasteiger partial charge on any atom is -0.452 e. The van der Waals surface area contributed by atoms with Crippen LogP contribution in [0.5, 0.6) is 0 Å². The molecule has 1 heterocycles. The summed E-state index contributed by atoms with van der Waals surface area (Å²) in [7, 11) is 1.61. The summed E-state index contributed by atoms with van der Waals surface area (Å²) in [6, 6.07) is 0. The normalized spacial score (nSPS) is 32.8. The minimum atomic E-state index is -1.17. The number of nitrogens with one attached hydrogen (secondary N) is 1. The third kappa shape index (κ3) is 17.4. The maximum atomic E-state index is 12.8.